The lowest BCUT2D eigenvalue weighted by atomic mass is 10.2. The smallest absolute Gasteiger partial charge is 0.339 e. The molecule has 0 radical (unpaired) electrons. The Balaban J connectivity index is 2.17. The Morgan fingerprint density at radius 2 is 2.21 bits per heavy atom. The Morgan fingerprint density at radius 3 is 2.84 bits per heavy atom. The van der Waals surface area contributed by atoms with Crippen LogP contribution in [0.3, 0.4) is 0 Å². The van der Waals surface area contributed by atoms with Crippen LogP contribution in [0, 0.1) is 6.92 Å². The van der Waals surface area contributed by atoms with Crippen LogP contribution in [0.5, 0.6) is 5.75 Å². The van der Waals surface area contributed by atoms with Gasteiger partial charge in [0, 0.05) is 10.7 Å². The van der Waals surface area contributed by atoms with E-state index in [4.69, 9.17) is 33.0 Å². The van der Waals surface area contributed by atoms with Crippen LogP contribution in [-0.4, -0.2) is 21.3 Å². The Kier molecular flexibility index (Phi) is 3.97. The molecule has 0 unspecified atom stereocenters. The van der Waals surface area contributed by atoms with Gasteiger partial charge in [0.1, 0.15) is 23.6 Å². The SMILES string of the molecule is Cc1[nH]nc(COc2ccc(Cl)cc2Cl)c1C(=O)O. The van der Waals surface area contributed by atoms with Crippen molar-refractivity contribution in [3.05, 3.63) is 45.2 Å². The summed E-state index contributed by atoms with van der Waals surface area (Å²) >= 11 is 11.7. The van der Waals surface area contributed by atoms with Crippen LogP contribution in [0.1, 0.15) is 21.7 Å². The van der Waals surface area contributed by atoms with Crippen molar-refractivity contribution >= 4 is 29.2 Å². The van der Waals surface area contributed by atoms with Crippen LogP contribution in [0.4, 0.5) is 0 Å². The number of carboxylic acid groups (broad SMARTS) is 1. The van der Waals surface area contributed by atoms with Gasteiger partial charge < -0.3 is 9.84 Å². The van der Waals surface area contributed by atoms with Crippen molar-refractivity contribution in [3.8, 4) is 5.75 Å². The first-order valence-corrected chi connectivity index (χ1v) is 6.09. The number of H-pyrrole nitrogens is 1. The Hall–Kier alpha value is -1.72. The third-order valence-corrected chi connectivity index (χ3v) is 3.02. The Morgan fingerprint density at radius 1 is 1.47 bits per heavy atom. The molecular formula is C12H10Cl2N2O3. The summed E-state index contributed by atoms with van der Waals surface area (Å²) in [6, 6.07) is 4.80. The molecule has 1 aromatic carbocycles. The van der Waals surface area contributed by atoms with Crippen molar-refractivity contribution in [2.24, 2.45) is 0 Å². The number of hydrogen-bond acceptors (Lipinski definition) is 3. The number of carbonyl (C=O) groups is 1. The zero-order valence-electron chi connectivity index (χ0n) is 9.91. The van der Waals surface area contributed by atoms with Crippen molar-refractivity contribution in [1.29, 1.82) is 0 Å². The van der Waals surface area contributed by atoms with E-state index in [1.54, 1.807) is 25.1 Å². The quantitative estimate of drug-likeness (QED) is 0.908. The minimum absolute atomic E-state index is 0.00727. The lowest BCUT2D eigenvalue weighted by molar-refractivity contribution is 0.0693. The molecule has 19 heavy (non-hydrogen) atoms. The first-order chi connectivity index (χ1) is 8.99. The Labute approximate surface area is 119 Å². The minimum atomic E-state index is -1.05. The fourth-order valence-electron chi connectivity index (χ4n) is 1.61. The summed E-state index contributed by atoms with van der Waals surface area (Å²) in [5.41, 5.74) is 0.911. The standard InChI is InChI=1S/C12H10Cl2N2O3/c1-6-11(12(17)18)9(16-15-6)5-19-10-3-2-7(13)4-8(10)14/h2-4H,5H2,1H3,(H,15,16)(H,17,18). The summed E-state index contributed by atoms with van der Waals surface area (Å²) in [6.07, 6.45) is 0. The number of carboxylic acids is 1. The molecule has 0 atom stereocenters. The summed E-state index contributed by atoms with van der Waals surface area (Å²) in [7, 11) is 0. The highest BCUT2D eigenvalue weighted by molar-refractivity contribution is 6.35. The van der Waals surface area contributed by atoms with Gasteiger partial charge in [-0.25, -0.2) is 4.79 Å². The van der Waals surface area contributed by atoms with E-state index in [2.05, 4.69) is 10.2 Å². The van der Waals surface area contributed by atoms with Gasteiger partial charge in [0.05, 0.1) is 5.02 Å². The van der Waals surface area contributed by atoms with Crippen LogP contribution >= 0.6 is 23.2 Å². The van der Waals surface area contributed by atoms with Crippen molar-refractivity contribution in [3.63, 3.8) is 0 Å². The number of aromatic amines is 1. The van der Waals surface area contributed by atoms with Gasteiger partial charge in [-0.05, 0) is 25.1 Å². The van der Waals surface area contributed by atoms with E-state index in [1.807, 2.05) is 0 Å². The largest absolute Gasteiger partial charge is 0.486 e. The number of nitrogens with one attached hydrogen (secondary N) is 1. The highest BCUT2D eigenvalue weighted by Gasteiger charge is 2.17. The van der Waals surface area contributed by atoms with Crippen molar-refractivity contribution in [1.82, 2.24) is 10.2 Å². The number of rotatable bonds is 4. The number of ether oxygens (including phenoxy) is 1. The fraction of sp³-hybridized carbons (Fsp3) is 0.167. The number of hydrogen-bond donors (Lipinski definition) is 2. The van der Waals surface area contributed by atoms with Crippen molar-refractivity contribution < 1.29 is 14.6 Å². The van der Waals surface area contributed by atoms with Crippen LogP contribution < -0.4 is 4.74 Å². The molecule has 0 spiro atoms. The second-order valence-corrected chi connectivity index (χ2v) is 4.68. The van der Waals surface area contributed by atoms with E-state index in [9.17, 15) is 4.79 Å². The molecule has 0 bridgehead atoms. The number of benzene rings is 1. The summed E-state index contributed by atoms with van der Waals surface area (Å²) < 4.78 is 5.45. The maximum Gasteiger partial charge on any atom is 0.339 e. The van der Waals surface area contributed by atoms with Crippen LogP contribution in [0.25, 0.3) is 0 Å². The monoisotopic (exact) mass is 300 g/mol. The molecule has 0 fully saturated rings. The summed E-state index contributed by atoms with van der Waals surface area (Å²) in [4.78, 5) is 11.1. The normalized spacial score (nSPS) is 10.5. The maximum atomic E-state index is 11.1. The van der Waals surface area contributed by atoms with Gasteiger partial charge in [0.2, 0.25) is 0 Å². The second kappa shape index (κ2) is 5.50. The van der Waals surface area contributed by atoms with Crippen molar-refractivity contribution in [2.75, 3.05) is 0 Å². The zero-order valence-corrected chi connectivity index (χ0v) is 11.4. The number of aromatic nitrogens is 2. The van der Waals surface area contributed by atoms with Gasteiger partial charge >= 0.3 is 5.97 Å². The van der Waals surface area contributed by atoms with E-state index < -0.39 is 5.97 Å². The third kappa shape index (κ3) is 3.00. The lowest BCUT2D eigenvalue weighted by Crippen LogP contribution is -2.05. The number of halogens is 2. The molecule has 0 saturated heterocycles. The fourth-order valence-corrected chi connectivity index (χ4v) is 2.07. The molecule has 0 aliphatic rings. The second-order valence-electron chi connectivity index (χ2n) is 3.84. The van der Waals surface area contributed by atoms with Crippen LogP contribution in [0.15, 0.2) is 18.2 Å². The highest BCUT2D eigenvalue weighted by Crippen LogP contribution is 2.28. The molecule has 0 aliphatic carbocycles. The van der Waals surface area contributed by atoms with Gasteiger partial charge in [-0.2, -0.15) is 5.10 Å². The van der Waals surface area contributed by atoms with E-state index in [1.165, 1.54) is 0 Å². The summed E-state index contributed by atoms with van der Waals surface area (Å²) in [6.45, 7) is 1.64. The van der Waals surface area contributed by atoms with Gasteiger partial charge in [-0.15, -0.1) is 0 Å². The highest BCUT2D eigenvalue weighted by atomic mass is 35.5. The number of aromatic carboxylic acids is 1. The van der Waals surface area contributed by atoms with Gasteiger partial charge in [0.25, 0.3) is 0 Å². The molecule has 7 heteroatoms. The molecule has 2 aromatic rings. The molecule has 2 rings (SSSR count). The summed E-state index contributed by atoms with van der Waals surface area (Å²) in [5, 5.41) is 16.4. The summed E-state index contributed by atoms with van der Waals surface area (Å²) in [5.74, 6) is -0.630. The van der Waals surface area contributed by atoms with E-state index in [0.717, 1.165) is 0 Å². The van der Waals surface area contributed by atoms with Crippen LogP contribution in [-0.2, 0) is 6.61 Å². The molecule has 0 saturated carbocycles. The Bertz CT molecular complexity index is 625. The molecule has 1 aromatic heterocycles. The molecular weight excluding hydrogens is 291 g/mol. The molecule has 0 amide bonds. The first kappa shape index (κ1) is 13.7. The maximum absolute atomic E-state index is 11.1. The molecule has 0 aliphatic heterocycles. The number of aryl methyl sites for hydroxylation is 1. The predicted molar refractivity (Wildman–Crippen MR) is 71.1 cm³/mol. The van der Waals surface area contributed by atoms with E-state index in [-0.39, 0.29) is 12.2 Å². The average molecular weight is 301 g/mol. The number of nitrogens with zero attached hydrogens (tertiary/aromatic N) is 1. The molecule has 5 nitrogen and oxygen atoms in total. The average Bonchev–Trinajstić information content (AvgIpc) is 2.69. The van der Waals surface area contributed by atoms with Gasteiger partial charge in [0.15, 0.2) is 0 Å². The molecule has 100 valence electrons. The third-order valence-electron chi connectivity index (χ3n) is 2.49. The first-order valence-electron chi connectivity index (χ1n) is 5.34. The zero-order chi connectivity index (χ0) is 14.0. The molecule has 1 heterocycles. The van der Waals surface area contributed by atoms with Crippen molar-refractivity contribution in [2.45, 2.75) is 13.5 Å². The minimum Gasteiger partial charge on any atom is -0.486 e. The van der Waals surface area contributed by atoms with E-state index in [0.29, 0.717) is 27.2 Å². The lowest BCUT2D eigenvalue weighted by Gasteiger charge is -2.07. The van der Waals surface area contributed by atoms with E-state index >= 15 is 0 Å². The predicted octanol–water partition coefficient (Wildman–Crippen LogP) is 3.30. The molecule has 2 N–H and O–H groups in total. The van der Waals surface area contributed by atoms with Gasteiger partial charge in [-0.3, -0.25) is 5.10 Å². The topological polar surface area (TPSA) is 75.2 Å². The van der Waals surface area contributed by atoms with Gasteiger partial charge in [-0.1, -0.05) is 23.2 Å². The van der Waals surface area contributed by atoms with Crippen LogP contribution in [0.2, 0.25) is 10.0 Å².